The molecule has 1 heterocycles. The second-order valence-corrected chi connectivity index (χ2v) is 5.18. The van der Waals surface area contributed by atoms with Crippen LogP contribution in [0.25, 0.3) is 11.0 Å². The maximum Gasteiger partial charge on any atom is 0.316 e. The molecule has 20 heavy (non-hydrogen) atoms. The number of fused-ring (bicyclic) bond motifs is 1. The Hall–Kier alpha value is -1.91. The standard InChI is InChI=1S/C15H17FN2O2/c1-3-20-15(19)9(2)14-17-12-7-4-10(16)8-13(12)18(14)11-5-6-11/h4,7-9,11H,3,5-6H2,1-2H3. The summed E-state index contributed by atoms with van der Waals surface area (Å²) in [7, 11) is 0. The summed E-state index contributed by atoms with van der Waals surface area (Å²) >= 11 is 0. The van der Waals surface area contributed by atoms with Crippen LogP contribution in [0.1, 0.15) is 44.5 Å². The average Bonchev–Trinajstić information content (AvgIpc) is 3.19. The topological polar surface area (TPSA) is 44.1 Å². The number of nitrogens with zero attached hydrogens (tertiary/aromatic N) is 2. The van der Waals surface area contributed by atoms with Crippen molar-refractivity contribution in [2.75, 3.05) is 6.61 Å². The number of carbonyl (C=O) groups excluding carboxylic acids is 1. The lowest BCUT2D eigenvalue weighted by Crippen LogP contribution is -2.17. The van der Waals surface area contributed by atoms with E-state index in [4.69, 9.17) is 4.74 Å². The van der Waals surface area contributed by atoms with Crippen molar-refractivity contribution in [1.82, 2.24) is 9.55 Å². The van der Waals surface area contributed by atoms with Gasteiger partial charge >= 0.3 is 5.97 Å². The quantitative estimate of drug-likeness (QED) is 0.806. The highest BCUT2D eigenvalue weighted by molar-refractivity contribution is 5.81. The summed E-state index contributed by atoms with van der Waals surface area (Å²) in [6, 6.07) is 4.87. The number of rotatable bonds is 4. The fraction of sp³-hybridized carbons (Fsp3) is 0.467. The number of ether oxygens (including phenoxy) is 1. The third-order valence-corrected chi connectivity index (χ3v) is 3.62. The fourth-order valence-corrected chi connectivity index (χ4v) is 2.48. The molecule has 0 aliphatic heterocycles. The van der Waals surface area contributed by atoms with E-state index in [1.54, 1.807) is 19.9 Å². The molecule has 5 heteroatoms. The van der Waals surface area contributed by atoms with Crippen LogP contribution in [0.2, 0.25) is 0 Å². The van der Waals surface area contributed by atoms with Gasteiger partial charge in [-0.2, -0.15) is 0 Å². The van der Waals surface area contributed by atoms with E-state index >= 15 is 0 Å². The Morgan fingerprint density at radius 1 is 1.55 bits per heavy atom. The van der Waals surface area contributed by atoms with Gasteiger partial charge < -0.3 is 9.30 Å². The van der Waals surface area contributed by atoms with Gasteiger partial charge in [-0.25, -0.2) is 9.37 Å². The molecule has 2 aromatic rings. The third kappa shape index (κ3) is 2.17. The minimum atomic E-state index is -0.439. The summed E-state index contributed by atoms with van der Waals surface area (Å²) in [6.45, 7) is 3.92. The van der Waals surface area contributed by atoms with Crippen molar-refractivity contribution in [1.29, 1.82) is 0 Å². The van der Waals surface area contributed by atoms with Crippen LogP contribution in [-0.4, -0.2) is 22.1 Å². The normalized spacial score (nSPS) is 16.4. The van der Waals surface area contributed by atoms with Crippen molar-refractivity contribution in [3.8, 4) is 0 Å². The number of imidazole rings is 1. The van der Waals surface area contributed by atoms with Gasteiger partial charge in [0.15, 0.2) is 0 Å². The van der Waals surface area contributed by atoms with Crippen molar-refractivity contribution in [3.05, 3.63) is 29.8 Å². The van der Waals surface area contributed by atoms with E-state index in [9.17, 15) is 9.18 Å². The molecule has 1 saturated carbocycles. The van der Waals surface area contributed by atoms with Crippen molar-refractivity contribution in [3.63, 3.8) is 0 Å². The Morgan fingerprint density at radius 2 is 2.30 bits per heavy atom. The molecule has 1 aliphatic rings. The van der Waals surface area contributed by atoms with Crippen LogP contribution in [-0.2, 0) is 9.53 Å². The molecule has 0 spiro atoms. The summed E-state index contributed by atoms with van der Waals surface area (Å²) in [6.07, 6.45) is 2.09. The van der Waals surface area contributed by atoms with E-state index in [1.807, 2.05) is 4.57 Å². The highest BCUT2D eigenvalue weighted by Crippen LogP contribution is 2.40. The van der Waals surface area contributed by atoms with Crippen LogP contribution in [0.3, 0.4) is 0 Å². The second-order valence-electron chi connectivity index (χ2n) is 5.18. The minimum absolute atomic E-state index is 0.283. The summed E-state index contributed by atoms with van der Waals surface area (Å²) in [5.74, 6) is -0.336. The van der Waals surface area contributed by atoms with Gasteiger partial charge in [0.2, 0.25) is 0 Å². The van der Waals surface area contributed by atoms with E-state index in [1.165, 1.54) is 12.1 Å². The summed E-state index contributed by atoms with van der Waals surface area (Å²) < 4.78 is 20.5. The molecule has 4 nitrogen and oxygen atoms in total. The molecule has 0 N–H and O–H groups in total. The highest BCUT2D eigenvalue weighted by atomic mass is 19.1. The number of aromatic nitrogens is 2. The lowest BCUT2D eigenvalue weighted by Gasteiger charge is -2.13. The van der Waals surface area contributed by atoms with Gasteiger partial charge in [0.1, 0.15) is 17.6 Å². The van der Waals surface area contributed by atoms with E-state index in [-0.39, 0.29) is 11.8 Å². The zero-order chi connectivity index (χ0) is 14.3. The lowest BCUT2D eigenvalue weighted by molar-refractivity contribution is -0.144. The fourth-order valence-electron chi connectivity index (χ4n) is 2.48. The zero-order valence-corrected chi connectivity index (χ0v) is 11.6. The van der Waals surface area contributed by atoms with Crippen LogP contribution in [0.15, 0.2) is 18.2 Å². The van der Waals surface area contributed by atoms with Gasteiger partial charge in [0.05, 0.1) is 17.6 Å². The Morgan fingerprint density at radius 3 is 2.95 bits per heavy atom. The molecule has 1 fully saturated rings. The van der Waals surface area contributed by atoms with Gasteiger partial charge in [0, 0.05) is 6.04 Å². The van der Waals surface area contributed by atoms with Crippen LogP contribution in [0.5, 0.6) is 0 Å². The molecule has 0 bridgehead atoms. The second kappa shape index (κ2) is 4.89. The first-order valence-corrected chi connectivity index (χ1v) is 6.95. The number of carbonyl (C=O) groups is 1. The van der Waals surface area contributed by atoms with Gasteiger partial charge in [-0.05, 0) is 44.9 Å². The molecular formula is C15H17FN2O2. The largest absolute Gasteiger partial charge is 0.465 e. The smallest absolute Gasteiger partial charge is 0.316 e. The number of esters is 1. The van der Waals surface area contributed by atoms with Crippen LogP contribution < -0.4 is 0 Å². The first-order chi connectivity index (χ1) is 9.61. The molecule has 0 amide bonds. The molecule has 1 aliphatic carbocycles. The molecule has 1 unspecified atom stereocenters. The van der Waals surface area contributed by atoms with Gasteiger partial charge in [-0.3, -0.25) is 4.79 Å². The van der Waals surface area contributed by atoms with Gasteiger partial charge in [0.25, 0.3) is 0 Å². The van der Waals surface area contributed by atoms with Crippen LogP contribution >= 0.6 is 0 Å². The monoisotopic (exact) mass is 276 g/mol. The van der Waals surface area contributed by atoms with Crippen LogP contribution in [0, 0.1) is 5.82 Å². The van der Waals surface area contributed by atoms with Gasteiger partial charge in [-0.15, -0.1) is 0 Å². The molecule has 0 saturated heterocycles. The zero-order valence-electron chi connectivity index (χ0n) is 11.6. The predicted molar refractivity (Wildman–Crippen MR) is 73.0 cm³/mol. The van der Waals surface area contributed by atoms with E-state index < -0.39 is 5.92 Å². The number of hydrogen-bond acceptors (Lipinski definition) is 3. The van der Waals surface area contributed by atoms with Crippen molar-refractivity contribution >= 4 is 17.0 Å². The molecule has 0 radical (unpaired) electrons. The molecule has 1 aromatic carbocycles. The molecular weight excluding hydrogens is 259 g/mol. The maximum absolute atomic E-state index is 13.5. The average molecular weight is 276 g/mol. The lowest BCUT2D eigenvalue weighted by atomic mass is 10.1. The van der Waals surface area contributed by atoms with E-state index in [0.29, 0.717) is 18.5 Å². The van der Waals surface area contributed by atoms with E-state index in [0.717, 1.165) is 23.9 Å². The molecule has 106 valence electrons. The summed E-state index contributed by atoms with van der Waals surface area (Å²) in [5.41, 5.74) is 1.49. The maximum atomic E-state index is 13.5. The molecule has 1 atom stereocenters. The summed E-state index contributed by atoms with van der Waals surface area (Å²) in [4.78, 5) is 16.4. The number of hydrogen-bond donors (Lipinski definition) is 0. The van der Waals surface area contributed by atoms with Crippen LogP contribution in [0.4, 0.5) is 4.39 Å². The highest BCUT2D eigenvalue weighted by Gasteiger charge is 2.32. The minimum Gasteiger partial charge on any atom is -0.465 e. The Kier molecular flexibility index (Phi) is 3.20. The Bertz CT molecular complexity index is 661. The Labute approximate surface area is 116 Å². The predicted octanol–water partition coefficient (Wildman–Crippen LogP) is 3.18. The SMILES string of the molecule is CCOC(=O)C(C)c1nc2ccc(F)cc2n1C1CC1. The van der Waals surface area contributed by atoms with E-state index in [2.05, 4.69) is 4.98 Å². The van der Waals surface area contributed by atoms with Crippen molar-refractivity contribution < 1.29 is 13.9 Å². The Balaban J connectivity index is 2.10. The van der Waals surface area contributed by atoms with Gasteiger partial charge in [-0.1, -0.05) is 0 Å². The number of halogens is 1. The van der Waals surface area contributed by atoms with Crippen molar-refractivity contribution in [2.45, 2.75) is 38.6 Å². The third-order valence-electron chi connectivity index (χ3n) is 3.62. The number of benzene rings is 1. The summed E-state index contributed by atoms with van der Waals surface area (Å²) in [5, 5.41) is 0. The first kappa shape index (κ1) is 13.1. The first-order valence-electron chi connectivity index (χ1n) is 6.95. The molecule has 1 aromatic heterocycles. The van der Waals surface area contributed by atoms with Crippen molar-refractivity contribution in [2.24, 2.45) is 0 Å². The molecule has 3 rings (SSSR count).